The van der Waals surface area contributed by atoms with Crippen molar-refractivity contribution in [3.05, 3.63) is 29.8 Å². The number of hydrogen-bond donors (Lipinski definition) is 0. The van der Waals surface area contributed by atoms with Crippen molar-refractivity contribution in [1.29, 1.82) is 0 Å². The second-order valence-corrected chi connectivity index (χ2v) is 8.40. The number of nitrogens with zero attached hydrogens (tertiary/aromatic N) is 2. The van der Waals surface area contributed by atoms with Gasteiger partial charge in [-0.15, -0.1) is 0 Å². The van der Waals surface area contributed by atoms with Gasteiger partial charge in [0.1, 0.15) is 0 Å². The van der Waals surface area contributed by atoms with Crippen LogP contribution in [0.5, 0.6) is 0 Å². The molecule has 0 aliphatic carbocycles. The SMILES string of the molecule is C[C@H](OC(=O)c1ccc(S(=O)(=O)N(C)C)cc1)C(=O)N1CCCCC1. The maximum atomic E-state index is 12.3. The van der Waals surface area contributed by atoms with Crippen molar-refractivity contribution >= 4 is 21.9 Å². The average molecular weight is 368 g/mol. The molecule has 1 aromatic rings. The van der Waals surface area contributed by atoms with Crippen LogP contribution in [-0.4, -0.2) is 62.8 Å². The number of benzene rings is 1. The van der Waals surface area contributed by atoms with Crippen LogP contribution in [0.2, 0.25) is 0 Å². The number of likely N-dealkylation sites (tertiary alicyclic amines) is 1. The normalized spacial score (nSPS) is 16.6. The minimum absolute atomic E-state index is 0.0893. The summed E-state index contributed by atoms with van der Waals surface area (Å²) in [5, 5.41) is 0. The van der Waals surface area contributed by atoms with Gasteiger partial charge in [0.2, 0.25) is 10.0 Å². The Hall–Kier alpha value is -1.93. The molecule has 1 heterocycles. The lowest BCUT2D eigenvalue weighted by Gasteiger charge is -2.28. The Morgan fingerprint density at radius 1 is 1.08 bits per heavy atom. The Balaban J connectivity index is 2.02. The molecule has 138 valence electrons. The molecule has 0 aromatic heterocycles. The average Bonchev–Trinajstić information content (AvgIpc) is 2.61. The van der Waals surface area contributed by atoms with Gasteiger partial charge in [0.05, 0.1) is 10.5 Å². The number of carbonyl (C=O) groups is 2. The van der Waals surface area contributed by atoms with Crippen LogP contribution in [0.25, 0.3) is 0 Å². The first-order valence-corrected chi connectivity index (χ1v) is 9.70. The van der Waals surface area contributed by atoms with Crippen molar-refractivity contribution in [1.82, 2.24) is 9.21 Å². The summed E-state index contributed by atoms with van der Waals surface area (Å²) in [7, 11) is -0.678. The molecule has 7 nitrogen and oxygen atoms in total. The van der Waals surface area contributed by atoms with E-state index in [9.17, 15) is 18.0 Å². The molecular weight excluding hydrogens is 344 g/mol. The Bertz CT molecular complexity index is 722. The van der Waals surface area contributed by atoms with Crippen molar-refractivity contribution in [2.45, 2.75) is 37.2 Å². The van der Waals surface area contributed by atoms with E-state index in [4.69, 9.17) is 4.74 Å². The summed E-state index contributed by atoms with van der Waals surface area (Å²) in [6, 6.07) is 5.47. The molecule has 1 amide bonds. The van der Waals surface area contributed by atoms with Gasteiger partial charge in [0.25, 0.3) is 5.91 Å². The number of rotatable bonds is 5. The van der Waals surface area contributed by atoms with E-state index < -0.39 is 22.1 Å². The van der Waals surface area contributed by atoms with Crippen LogP contribution >= 0.6 is 0 Å². The lowest BCUT2D eigenvalue weighted by Crippen LogP contribution is -2.42. The van der Waals surface area contributed by atoms with Gasteiger partial charge in [-0.2, -0.15) is 0 Å². The highest BCUT2D eigenvalue weighted by Crippen LogP contribution is 2.16. The molecule has 1 fully saturated rings. The fraction of sp³-hybridized carbons (Fsp3) is 0.529. The maximum absolute atomic E-state index is 12.3. The van der Waals surface area contributed by atoms with Gasteiger partial charge in [-0.05, 0) is 50.5 Å². The van der Waals surface area contributed by atoms with Crippen LogP contribution in [0, 0.1) is 0 Å². The third kappa shape index (κ3) is 4.58. The predicted octanol–water partition coefficient (Wildman–Crippen LogP) is 1.49. The van der Waals surface area contributed by atoms with Gasteiger partial charge in [0, 0.05) is 27.2 Å². The monoisotopic (exact) mass is 368 g/mol. The van der Waals surface area contributed by atoms with Crippen LogP contribution in [-0.2, 0) is 19.6 Å². The van der Waals surface area contributed by atoms with E-state index >= 15 is 0 Å². The summed E-state index contributed by atoms with van der Waals surface area (Å²) < 4.78 is 30.4. The van der Waals surface area contributed by atoms with E-state index in [2.05, 4.69) is 0 Å². The van der Waals surface area contributed by atoms with Crippen LogP contribution in [0.3, 0.4) is 0 Å². The van der Waals surface area contributed by atoms with Crippen LogP contribution in [0.4, 0.5) is 0 Å². The molecule has 8 heteroatoms. The zero-order chi connectivity index (χ0) is 18.6. The molecule has 1 aromatic carbocycles. The standard InChI is InChI=1S/C17H24N2O5S/c1-13(16(20)19-11-5-4-6-12-19)24-17(21)14-7-9-15(10-8-14)25(22,23)18(2)3/h7-10,13H,4-6,11-12H2,1-3H3/t13-/m0/s1. The number of hydrogen-bond acceptors (Lipinski definition) is 5. The summed E-state index contributed by atoms with van der Waals surface area (Å²) in [5.74, 6) is -0.841. The molecule has 0 radical (unpaired) electrons. The highest BCUT2D eigenvalue weighted by molar-refractivity contribution is 7.89. The van der Waals surface area contributed by atoms with Crippen molar-refractivity contribution < 1.29 is 22.7 Å². The molecule has 1 aliphatic heterocycles. The first kappa shape index (κ1) is 19.4. The number of piperidine rings is 1. The van der Waals surface area contributed by atoms with Gasteiger partial charge in [0.15, 0.2) is 6.10 Å². The molecule has 1 aliphatic rings. The van der Waals surface area contributed by atoms with E-state index in [1.165, 1.54) is 38.4 Å². The van der Waals surface area contributed by atoms with Gasteiger partial charge in [-0.1, -0.05) is 0 Å². The fourth-order valence-corrected chi connectivity index (χ4v) is 3.53. The number of ether oxygens (including phenoxy) is 1. The molecule has 0 N–H and O–H groups in total. The molecular formula is C17H24N2O5S. The number of sulfonamides is 1. The highest BCUT2D eigenvalue weighted by atomic mass is 32.2. The lowest BCUT2D eigenvalue weighted by atomic mass is 10.1. The minimum Gasteiger partial charge on any atom is -0.449 e. The molecule has 0 spiro atoms. The zero-order valence-corrected chi connectivity index (χ0v) is 15.6. The number of amides is 1. The smallest absolute Gasteiger partial charge is 0.338 e. The van der Waals surface area contributed by atoms with Gasteiger partial charge in [-0.3, -0.25) is 4.79 Å². The van der Waals surface area contributed by atoms with E-state index in [-0.39, 0.29) is 16.4 Å². The van der Waals surface area contributed by atoms with Gasteiger partial charge in [-0.25, -0.2) is 17.5 Å². The van der Waals surface area contributed by atoms with Crippen LogP contribution in [0.1, 0.15) is 36.5 Å². The summed E-state index contributed by atoms with van der Waals surface area (Å²) in [6.45, 7) is 2.94. The molecule has 0 unspecified atom stereocenters. The second-order valence-electron chi connectivity index (χ2n) is 6.25. The molecule has 25 heavy (non-hydrogen) atoms. The van der Waals surface area contributed by atoms with E-state index in [1.807, 2.05) is 0 Å². The summed E-state index contributed by atoms with van der Waals surface area (Å²) in [5.41, 5.74) is 0.205. The highest BCUT2D eigenvalue weighted by Gasteiger charge is 2.25. The largest absolute Gasteiger partial charge is 0.449 e. The van der Waals surface area contributed by atoms with Crippen molar-refractivity contribution in [3.8, 4) is 0 Å². The molecule has 2 rings (SSSR count). The number of carbonyl (C=O) groups excluding carboxylic acids is 2. The first-order valence-electron chi connectivity index (χ1n) is 8.26. The summed E-state index contributed by atoms with van der Waals surface area (Å²) in [4.78, 5) is 26.3. The topological polar surface area (TPSA) is 84.0 Å². The minimum atomic E-state index is -3.55. The fourth-order valence-electron chi connectivity index (χ4n) is 2.62. The van der Waals surface area contributed by atoms with Crippen molar-refractivity contribution in [2.24, 2.45) is 0 Å². The third-order valence-electron chi connectivity index (χ3n) is 4.17. The molecule has 0 saturated carbocycles. The summed E-state index contributed by atoms with van der Waals surface area (Å²) in [6.07, 6.45) is 2.18. The van der Waals surface area contributed by atoms with Crippen molar-refractivity contribution in [2.75, 3.05) is 27.2 Å². The third-order valence-corrected chi connectivity index (χ3v) is 6.00. The van der Waals surface area contributed by atoms with Crippen molar-refractivity contribution in [3.63, 3.8) is 0 Å². The van der Waals surface area contributed by atoms with Crippen LogP contribution < -0.4 is 0 Å². The van der Waals surface area contributed by atoms with Gasteiger partial charge < -0.3 is 9.64 Å². The first-order chi connectivity index (χ1) is 11.7. The lowest BCUT2D eigenvalue weighted by molar-refractivity contribution is -0.140. The van der Waals surface area contributed by atoms with Crippen LogP contribution in [0.15, 0.2) is 29.2 Å². The molecule has 1 atom stereocenters. The Labute approximate surface area is 148 Å². The number of esters is 1. The predicted molar refractivity (Wildman–Crippen MR) is 92.6 cm³/mol. The second kappa shape index (κ2) is 7.97. The summed E-state index contributed by atoms with van der Waals surface area (Å²) >= 11 is 0. The Morgan fingerprint density at radius 3 is 2.16 bits per heavy atom. The quantitative estimate of drug-likeness (QED) is 0.736. The van der Waals surface area contributed by atoms with Gasteiger partial charge >= 0.3 is 5.97 Å². The molecule has 1 saturated heterocycles. The Kier molecular flexibility index (Phi) is 6.18. The van der Waals surface area contributed by atoms with E-state index in [0.29, 0.717) is 13.1 Å². The molecule has 0 bridgehead atoms. The maximum Gasteiger partial charge on any atom is 0.338 e. The van der Waals surface area contributed by atoms with E-state index in [1.54, 1.807) is 11.8 Å². The zero-order valence-electron chi connectivity index (χ0n) is 14.8. The van der Waals surface area contributed by atoms with E-state index in [0.717, 1.165) is 23.6 Å². The Morgan fingerprint density at radius 2 is 1.64 bits per heavy atom.